The van der Waals surface area contributed by atoms with E-state index in [4.69, 9.17) is 5.10 Å². The molecule has 0 saturated carbocycles. The average molecular weight is 414 g/mol. The summed E-state index contributed by atoms with van der Waals surface area (Å²) in [5.41, 5.74) is 5.74. The number of carbonyl (C=O) groups excluding carboxylic acids is 1. The Morgan fingerprint density at radius 3 is 2.48 bits per heavy atom. The van der Waals surface area contributed by atoms with Crippen LogP contribution in [0.4, 0.5) is 0 Å². The third kappa shape index (κ3) is 5.28. The molecule has 158 valence electrons. The second kappa shape index (κ2) is 9.43. The molecule has 0 aliphatic rings. The van der Waals surface area contributed by atoms with Gasteiger partial charge in [-0.3, -0.25) is 14.2 Å². The topological polar surface area (TPSA) is 64.7 Å². The highest BCUT2D eigenvalue weighted by Crippen LogP contribution is 2.23. The maximum Gasteiger partial charge on any atom is 0.255 e. The van der Waals surface area contributed by atoms with E-state index in [1.54, 1.807) is 4.68 Å². The molecule has 0 fully saturated rings. The Labute approximate surface area is 182 Å². The van der Waals surface area contributed by atoms with E-state index in [0.29, 0.717) is 24.3 Å². The van der Waals surface area contributed by atoms with Gasteiger partial charge < -0.3 is 5.32 Å². The van der Waals surface area contributed by atoms with Gasteiger partial charge in [-0.1, -0.05) is 60.2 Å². The van der Waals surface area contributed by atoms with Gasteiger partial charge in [-0.2, -0.15) is 10.2 Å². The monoisotopic (exact) mass is 413 g/mol. The number of carbonyl (C=O) groups is 1. The molecule has 2 aromatic heterocycles. The molecule has 0 radical (unpaired) electrons. The summed E-state index contributed by atoms with van der Waals surface area (Å²) in [5, 5.41) is 12.0. The Kier molecular flexibility index (Phi) is 6.26. The first-order valence-corrected chi connectivity index (χ1v) is 10.5. The second-order valence-electron chi connectivity index (χ2n) is 7.82. The Morgan fingerprint density at radius 1 is 1.00 bits per heavy atom. The average Bonchev–Trinajstić information content (AvgIpc) is 3.38. The second-order valence-corrected chi connectivity index (χ2v) is 7.82. The Morgan fingerprint density at radius 2 is 1.77 bits per heavy atom. The molecule has 0 unspecified atom stereocenters. The standard InChI is InChI=1S/C25H27N5O/c1-19-10-12-22(13-11-19)24-23(18-30(28-24)17-20-7-4-3-5-8-20)25(31)26-14-6-9-21-15-27-29(2)16-21/h3-5,7-8,10-13,15-16,18H,6,9,14,17H2,1-2H3,(H,26,31). The number of aromatic nitrogens is 4. The van der Waals surface area contributed by atoms with E-state index in [-0.39, 0.29) is 5.91 Å². The lowest BCUT2D eigenvalue weighted by Gasteiger charge is -2.05. The van der Waals surface area contributed by atoms with Crippen LogP contribution >= 0.6 is 0 Å². The molecule has 6 heteroatoms. The van der Waals surface area contributed by atoms with Gasteiger partial charge in [-0.05, 0) is 30.9 Å². The first-order valence-electron chi connectivity index (χ1n) is 10.5. The molecule has 0 saturated heterocycles. The minimum atomic E-state index is -0.0962. The third-order valence-electron chi connectivity index (χ3n) is 5.20. The van der Waals surface area contributed by atoms with E-state index in [9.17, 15) is 4.79 Å². The van der Waals surface area contributed by atoms with Gasteiger partial charge in [0.2, 0.25) is 0 Å². The molecule has 4 aromatic rings. The van der Waals surface area contributed by atoms with E-state index in [0.717, 1.165) is 24.0 Å². The smallest absolute Gasteiger partial charge is 0.255 e. The van der Waals surface area contributed by atoms with E-state index in [1.165, 1.54) is 11.1 Å². The molecule has 2 heterocycles. The van der Waals surface area contributed by atoms with Crippen molar-refractivity contribution in [2.75, 3.05) is 6.54 Å². The number of hydrogen-bond donors (Lipinski definition) is 1. The van der Waals surface area contributed by atoms with E-state index < -0.39 is 0 Å². The van der Waals surface area contributed by atoms with Crippen LogP contribution in [0.3, 0.4) is 0 Å². The fourth-order valence-electron chi connectivity index (χ4n) is 3.55. The summed E-state index contributed by atoms with van der Waals surface area (Å²) in [7, 11) is 1.91. The van der Waals surface area contributed by atoms with E-state index in [1.807, 2.05) is 79.7 Å². The van der Waals surface area contributed by atoms with Gasteiger partial charge in [0.15, 0.2) is 0 Å². The van der Waals surface area contributed by atoms with Gasteiger partial charge in [-0.15, -0.1) is 0 Å². The molecule has 0 spiro atoms. The number of nitrogens with zero attached hydrogens (tertiary/aromatic N) is 4. The van der Waals surface area contributed by atoms with Crippen molar-refractivity contribution in [3.63, 3.8) is 0 Å². The van der Waals surface area contributed by atoms with Crippen molar-refractivity contribution < 1.29 is 4.79 Å². The number of benzene rings is 2. The third-order valence-corrected chi connectivity index (χ3v) is 5.20. The zero-order valence-electron chi connectivity index (χ0n) is 18.0. The van der Waals surface area contributed by atoms with Crippen molar-refractivity contribution in [1.29, 1.82) is 0 Å². The maximum absolute atomic E-state index is 13.0. The first-order chi connectivity index (χ1) is 15.1. The Balaban J connectivity index is 1.49. The van der Waals surface area contributed by atoms with Crippen LogP contribution in [0.15, 0.2) is 73.2 Å². The zero-order valence-corrected chi connectivity index (χ0v) is 18.0. The minimum Gasteiger partial charge on any atom is -0.352 e. The maximum atomic E-state index is 13.0. The van der Waals surface area contributed by atoms with Crippen LogP contribution in [0, 0.1) is 6.92 Å². The van der Waals surface area contributed by atoms with Crippen LogP contribution in [0.2, 0.25) is 0 Å². The largest absolute Gasteiger partial charge is 0.352 e. The predicted molar refractivity (Wildman–Crippen MR) is 122 cm³/mol. The SMILES string of the molecule is Cc1ccc(-c2nn(Cc3ccccc3)cc2C(=O)NCCCc2cnn(C)c2)cc1. The van der Waals surface area contributed by atoms with Gasteiger partial charge in [0, 0.05) is 31.5 Å². The Bertz CT molecular complexity index is 1140. The number of hydrogen-bond acceptors (Lipinski definition) is 3. The fourth-order valence-corrected chi connectivity index (χ4v) is 3.55. The normalized spacial score (nSPS) is 10.9. The van der Waals surface area contributed by atoms with Gasteiger partial charge in [0.1, 0.15) is 5.69 Å². The molecule has 6 nitrogen and oxygen atoms in total. The molecule has 31 heavy (non-hydrogen) atoms. The Hall–Kier alpha value is -3.67. The van der Waals surface area contributed by atoms with Gasteiger partial charge in [0.25, 0.3) is 5.91 Å². The molecule has 0 aliphatic carbocycles. The van der Waals surface area contributed by atoms with Crippen LogP contribution in [-0.4, -0.2) is 32.0 Å². The molecular formula is C25H27N5O. The van der Waals surface area contributed by atoms with Crippen LogP contribution in [-0.2, 0) is 20.0 Å². The fraction of sp³-hybridized carbons (Fsp3) is 0.240. The summed E-state index contributed by atoms with van der Waals surface area (Å²) in [6.45, 7) is 3.27. The molecule has 0 aliphatic heterocycles. The number of amides is 1. The summed E-state index contributed by atoms with van der Waals surface area (Å²) in [4.78, 5) is 13.0. The lowest BCUT2D eigenvalue weighted by Crippen LogP contribution is -2.25. The molecular weight excluding hydrogens is 386 g/mol. The first kappa shape index (κ1) is 20.6. The number of aryl methyl sites for hydroxylation is 3. The molecule has 0 atom stereocenters. The minimum absolute atomic E-state index is 0.0962. The van der Waals surface area contributed by atoms with E-state index in [2.05, 4.69) is 22.5 Å². The van der Waals surface area contributed by atoms with Crippen molar-refractivity contribution in [3.05, 3.63) is 95.4 Å². The van der Waals surface area contributed by atoms with Crippen molar-refractivity contribution in [3.8, 4) is 11.3 Å². The molecule has 4 rings (SSSR count). The summed E-state index contributed by atoms with van der Waals surface area (Å²) >= 11 is 0. The summed E-state index contributed by atoms with van der Waals surface area (Å²) in [5.74, 6) is -0.0962. The lowest BCUT2D eigenvalue weighted by atomic mass is 10.1. The van der Waals surface area contributed by atoms with Crippen molar-refractivity contribution in [1.82, 2.24) is 24.9 Å². The zero-order chi connectivity index (χ0) is 21.6. The molecule has 0 bridgehead atoms. The summed E-state index contributed by atoms with van der Waals surface area (Å²) in [6.07, 6.45) is 7.45. The highest BCUT2D eigenvalue weighted by molar-refractivity contribution is 5.99. The van der Waals surface area contributed by atoms with E-state index >= 15 is 0 Å². The van der Waals surface area contributed by atoms with Gasteiger partial charge in [-0.25, -0.2) is 0 Å². The van der Waals surface area contributed by atoms with Gasteiger partial charge in [0.05, 0.1) is 18.3 Å². The molecule has 2 aromatic carbocycles. The van der Waals surface area contributed by atoms with Crippen molar-refractivity contribution >= 4 is 5.91 Å². The van der Waals surface area contributed by atoms with Crippen molar-refractivity contribution in [2.24, 2.45) is 7.05 Å². The van der Waals surface area contributed by atoms with Crippen LogP contribution in [0.1, 0.15) is 33.5 Å². The molecule has 1 N–H and O–H groups in total. The predicted octanol–water partition coefficient (Wildman–Crippen LogP) is 4.00. The highest BCUT2D eigenvalue weighted by Gasteiger charge is 2.18. The summed E-state index contributed by atoms with van der Waals surface area (Å²) < 4.78 is 3.64. The molecule has 1 amide bonds. The quantitative estimate of drug-likeness (QED) is 0.444. The van der Waals surface area contributed by atoms with Crippen LogP contribution < -0.4 is 5.32 Å². The number of nitrogens with one attached hydrogen (secondary N) is 1. The van der Waals surface area contributed by atoms with Crippen LogP contribution in [0.25, 0.3) is 11.3 Å². The lowest BCUT2D eigenvalue weighted by molar-refractivity contribution is 0.0953. The number of rotatable bonds is 8. The van der Waals surface area contributed by atoms with Gasteiger partial charge >= 0.3 is 0 Å². The highest BCUT2D eigenvalue weighted by atomic mass is 16.1. The summed E-state index contributed by atoms with van der Waals surface area (Å²) in [6, 6.07) is 18.3. The van der Waals surface area contributed by atoms with Crippen molar-refractivity contribution in [2.45, 2.75) is 26.3 Å². The van der Waals surface area contributed by atoms with Crippen LogP contribution in [0.5, 0.6) is 0 Å².